The predicted octanol–water partition coefficient (Wildman–Crippen LogP) is 8.30. The Bertz CT molecular complexity index is 3160. The number of esters is 1. The smallest absolute Gasteiger partial charge is 0.331 e. The first kappa shape index (κ1) is 66.6. The summed E-state index contributed by atoms with van der Waals surface area (Å²) in [5, 5.41) is 28.0. The fraction of sp³-hybridized carbons (Fsp3) is 0.448. The number of anilines is 1. The third-order valence-corrected chi connectivity index (χ3v) is 15.5. The first-order valence-electron chi connectivity index (χ1n) is 28.6. The van der Waals surface area contributed by atoms with E-state index in [-0.39, 0.29) is 86.7 Å². The van der Waals surface area contributed by atoms with Gasteiger partial charge in [0.25, 0.3) is 0 Å². The number of carboxylic acids is 2. The van der Waals surface area contributed by atoms with Gasteiger partial charge in [0, 0.05) is 67.2 Å². The zero-order valence-electron chi connectivity index (χ0n) is 50.6. The average Bonchev–Trinajstić information content (AvgIpc) is 2.04. The Balaban J connectivity index is 1.16. The molecule has 5 N–H and O–H groups in total. The monoisotopic (exact) mass is 1150 g/mol. The number of likely N-dealkylation sites (N-methyl/N-ethyl adjacent to an activating group) is 2. The molecule has 1 aliphatic rings. The number of Topliss-reactive ketones (excluding diaryl/α,β-unsaturated/α-hetero) is 2. The summed E-state index contributed by atoms with van der Waals surface area (Å²) in [6.45, 7) is 18.3. The summed E-state index contributed by atoms with van der Waals surface area (Å²) < 4.78 is 5.66. The van der Waals surface area contributed by atoms with E-state index in [1.165, 1.54) is 11.8 Å². The van der Waals surface area contributed by atoms with Crippen LogP contribution in [0.2, 0.25) is 0 Å². The molecule has 5 rings (SSSR count). The quantitative estimate of drug-likeness (QED) is 0.0204. The standard InChI is InChI=1S/C67H83N5O12/c1-41(2)52(38-51(73)30-32-57(75)72-39-49-21-14-13-19-47(49)28-29-48-20-15-16-23-54(48)72)62(79)69-53(31-33-58(76)77)56(74)36-44-24-26-45(27-25-44)40-84-59(78)37-46-18-17-22-50(35-46)67(9,10)60(68-11)63(80)70-61(66(6,7)8)64(81)71(12)55(42(3)4)34-43(5)65(82)83/h13-27,34-35,41-42,52-53,55,60-61,68H,30-33,36-40H2,1-12H3,(H,69,79)(H,70,80)(H,76,77)(H,82,83)/b43-34+/t52-,53-,55+,60+,61+/m0/s1. The van der Waals surface area contributed by atoms with E-state index < -0.39 is 82.8 Å². The number of hydrogen-bond acceptors (Lipinski definition) is 11. The van der Waals surface area contributed by atoms with E-state index in [1.54, 1.807) is 75.3 Å². The number of carboxylic acid groups (broad SMARTS) is 2. The number of amides is 4. The lowest BCUT2D eigenvalue weighted by atomic mass is 9.76. The molecule has 5 atom stereocenters. The molecule has 0 aromatic heterocycles. The number of nitrogens with zero attached hydrogens (tertiary/aromatic N) is 2. The number of nitrogens with one attached hydrogen (secondary N) is 3. The summed E-state index contributed by atoms with van der Waals surface area (Å²) in [6.07, 6.45) is 0.362. The molecule has 17 heteroatoms. The van der Waals surface area contributed by atoms with Gasteiger partial charge < -0.3 is 40.7 Å². The van der Waals surface area contributed by atoms with Gasteiger partial charge in [0.1, 0.15) is 18.4 Å². The van der Waals surface area contributed by atoms with Gasteiger partial charge >= 0.3 is 17.9 Å². The molecule has 0 saturated heterocycles. The Hall–Kier alpha value is -8.23. The maximum atomic E-state index is 14.2. The molecule has 0 unspecified atom stereocenters. The Labute approximate surface area is 494 Å². The minimum absolute atomic E-state index is 0.0762. The minimum atomic E-state index is -1.16. The Morgan fingerprint density at radius 2 is 1.35 bits per heavy atom. The Kier molecular flexibility index (Phi) is 23.6. The fourth-order valence-corrected chi connectivity index (χ4v) is 10.3. The van der Waals surface area contributed by atoms with Crippen LogP contribution in [-0.4, -0.2) is 106 Å². The van der Waals surface area contributed by atoms with Gasteiger partial charge in [0.15, 0.2) is 5.78 Å². The molecule has 4 aromatic carbocycles. The molecule has 0 saturated carbocycles. The highest BCUT2D eigenvalue weighted by Crippen LogP contribution is 2.31. The molecule has 0 bridgehead atoms. The lowest BCUT2D eigenvalue weighted by molar-refractivity contribution is -0.144. The van der Waals surface area contributed by atoms with Crippen molar-refractivity contribution in [1.29, 1.82) is 0 Å². The van der Waals surface area contributed by atoms with Gasteiger partial charge in [-0.1, -0.05) is 159 Å². The second kappa shape index (κ2) is 29.8. The molecule has 4 aromatic rings. The van der Waals surface area contributed by atoms with Crippen LogP contribution in [0, 0.1) is 35.0 Å². The van der Waals surface area contributed by atoms with E-state index in [9.17, 15) is 53.4 Å². The van der Waals surface area contributed by atoms with Gasteiger partial charge in [0.2, 0.25) is 23.6 Å². The van der Waals surface area contributed by atoms with E-state index in [1.807, 2.05) is 109 Å². The van der Waals surface area contributed by atoms with Crippen LogP contribution in [-0.2, 0) is 79.3 Å². The van der Waals surface area contributed by atoms with Crippen molar-refractivity contribution in [2.75, 3.05) is 19.0 Å². The topological polar surface area (TPSA) is 246 Å². The van der Waals surface area contributed by atoms with Crippen molar-refractivity contribution in [2.24, 2.45) is 23.2 Å². The van der Waals surface area contributed by atoms with Crippen molar-refractivity contribution in [2.45, 2.75) is 157 Å². The molecule has 448 valence electrons. The number of rotatable bonds is 28. The van der Waals surface area contributed by atoms with Crippen LogP contribution >= 0.6 is 0 Å². The summed E-state index contributed by atoms with van der Waals surface area (Å²) in [4.78, 5) is 123. The number of fused-ring (bicyclic) bond motifs is 2. The van der Waals surface area contributed by atoms with Gasteiger partial charge in [-0.25, -0.2) is 4.79 Å². The second-order valence-corrected chi connectivity index (χ2v) is 24.1. The van der Waals surface area contributed by atoms with Crippen LogP contribution in [0.4, 0.5) is 5.69 Å². The van der Waals surface area contributed by atoms with Crippen LogP contribution in [0.1, 0.15) is 140 Å². The molecule has 0 radical (unpaired) electrons. The van der Waals surface area contributed by atoms with Crippen molar-refractivity contribution < 1.29 is 58.1 Å². The van der Waals surface area contributed by atoms with E-state index in [0.29, 0.717) is 27.9 Å². The summed E-state index contributed by atoms with van der Waals surface area (Å²) >= 11 is 0. The number of para-hydroxylation sites is 1. The number of hydrogen-bond donors (Lipinski definition) is 5. The zero-order chi connectivity index (χ0) is 62.2. The number of aliphatic carboxylic acids is 2. The van der Waals surface area contributed by atoms with Gasteiger partial charge in [-0.2, -0.15) is 0 Å². The van der Waals surface area contributed by atoms with Gasteiger partial charge in [-0.3, -0.25) is 38.4 Å². The summed E-state index contributed by atoms with van der Waals surface area (Å²) in [5.74, 6) is -0.0617. The number of ketones is 2. The maximum Gasteiger partial charge on any atom is 0.331 e. The Morgan fingerprint density at radius 1 is 0.714 bits per heavy atom. The third kappa shape index (κ3) is 18.4. The SMILES string of the molecule is CN[C@H](C(=O)N[C@H](C(=O)N(C)[C@H](/C=C(\C)C(=O)O)C(C)C)C(C)(C)C)C(C)(C)c1cccc(CC(=O)OCc2ccc(CC(=O)[C@H](CCC(=O)O)NC(=O)[C@@H](CC(=O)CCC(=O)N3Cc4ccccc4C#Cc4ccccc43)C(C)C)cc2)c1. The largest absolute Gasteiger partial charge is 0.481 e. The average molecular weight is 1150 g/mol. The number of ether oxygens (including phenoxy) is 1. The van der Waals surface area contributed by atoms with Crippen molar-refractivity contribution in [3.05, 3.63) is 148 Å². The van der Waals surface area contributed by atoms with E-state index >= 15 is 0 Å². The van der Waals surface area contributed by atoms with Crippen LogP contribution in [0.15, 0.2) is 109 Å². The first-order valence-corrected chi connectivity index (χ1v) is 28.6. The zero-order valence-corrected chi connectivity index (χ0v) is 50.6. The fourth-order valence-electron chi connectivity index (χ4n) is 10.3. The molecule has 0 aliphatic carbocycles. The molecule has 17 nitrogen and oxygen atoms in total. The number of benzene rings is 4. The van der Waals surface area contributed by atoms with E-state index in [0.717, 1.165) is 16.7 Å². The molecule has 1 aliphatic heterocycles. The van der Waals surface area contributed by atoms with Gasteiger partial charge in [-0.15, -0.1) is 0 Å². The van der Waals surface area contributed by atoms with Crippen molar-refractivity contribution in [3.63, 3.8) is 0 Å². The molecular weight excluding hydrogens is 1070 g/mol. The van der Waals surface area contributed by atoms with Crippen LogP contribution in [0.25, 0.3) is 0 Å². The van der Waals surface area contributed by atoms with Crippen molar-refractivity contribution in [1.82, 2.24) is 20.9 Å². The normalized spacial score (nSPS) is 14.2. The van der Waals surface area contributed by atoms with Crippen LogP contribution in [0.5, 0.6) is 0 Å². The Morgan fingerprint density at radius 3 is 1.96 bits per heavy atom. The highest BCUT2D eigenvalue weighted by molar-refractivity contribution is 5.98. The molecular formula is C67H83N5O12. The van der Waals surface area contributed by atoms with E-state index in [4.69, 9.17) is 4.74 Å². The number of carbonyl (C=O) groups excluding carboxylic acids is 7. The minimum Gasteiger partial charge on any atom is -0.481 e. The highest BCUT2D eigenvalue weighted by Gasteiger charge is 2.42. The molecule has 84 heavy (non-hydrogen) atoms. The first-order chi connectivity index (χ1) is 39.5. The lowest BCUT2D eigenvalue weighted by Crippen LogP contribution is -2.61. The van der Waals surface area contributed by atoms with Crippen molar-refractivity contribution in [3.8, 4) is 11.8 Å². The molecule has 1 heterocycles. The summed E-state index contributed by atoms with van der Waals surface area (Å²) in [6, 6.07) is 25.5. The van der Waals surface area contributed by atoms with Crippen LogP contribution < -0.4 is 20.9 Å². The predicted molar refractivity (Wildman–Crippen MR) is 321 cm³/mol. The van der Waals surface area contributed by atoms with E-state index in [2.05, 4.69) is 27.8 Å². The summed E-state index contributed by atoms with van der Waals surface area (Å²) in [5.41, 5.74) is 4.12. The van der Waals surface area contributed by atoms with Gasteiger partial charge in [-0.05, 0) is 83.7 Å². The number of carbonyl (C=O) groups is 9. The summed E-state index contributed by atoms with van der Waals surface area (Å²) in [7, 11) is 3.26. The molecule has 4 amide bonds. The molecule has 0 fully saturated rings. The highest BCUT2D eigenvalue weighted by atomic mass is 16.5. The second-order valence-electron chi connectivity index (χ2n) is 24.1. The van der Waals surface area contributed by atoms with Crippen LogP contribution in [0.3, 0.4) is 0 Å². The maximum absolute atomic E-state index is 14.2. The molecule has 0 spiro atoms. The lowest BCUT2D eigenvalue weighted by Gasteiger charge is -2.40. The third-order valence-electron chi connectivity index (χ3n) is 15.5. The van der Waals surface area contributed by atoms with Gasteiger partial charge in [0.05, 0.1) is 36.8 Å². The van der Waals surface area contributed by atoms with Crippen molar-refractivity contribution >= 4 is 58.8 Å².